The molecule has 10 heteroatoms. The number of carbonyl (C=O) groups excluding carboxylic acids is 2. The number of unbranched alkanes of at least 4 members (excludes halogenated alkanes) is 22. The van der Waals surface area contributed by atoms with Crippen LogP contribution in [0.4, 0.5) is 0 Å². The van der Waals surface area contributed by atoms with Crippen LogP contribution in [-0.4, -0.2) is 74.3 Å². The average molecular weight is 1000 g/mol. The molecule has 0 aliphatic carbocycles. The molecule has 0 bridgehead atoms. The minimum absolute atomic E-state index is 0.0223. The molecule has 0 aromatic carbocycles. The van der Waals surface area contributed by atoms with Gasteiger partial charge in [0.05, 0.1) is 33.8 Å². The summed E-state index contributed by atoms with van der Waals surface area (Å²) in [5.74, 6) is -0.624. The zero-order valence-corrected chi connectivity index (χ0v) is 46.9. The van der Waals surface area contributed by atoms with Crippen molar-refractivity contribution in [1.82, 2.24) is 5.32 Å². The van der Waals surface area contributed by atoms with Gasteiger partial charge in [0.1, 0.15) is 19.3 Å². The Morgan fingerprint density at radius 2 is 0.886 bits per heavy atom. The van der Waals surface area contributed by atoms with Gasteiger partial charge in [0.2, 0.25) is 5.91 Å². The molecule has 1 amide bonds. The van der Waals surface area contributed by atoms with E-state index < -0.39 is 20.0 Å². The van der Waals surface area contributed by atoms with Crippen molar-refractivity contribution in [2.75, 3.05) is 40.9 Å². The Morgan fingerprint density at radius 1 is 0.500 bits per heavy atom. The Bertz CT molecular complexity index is 1480. The van der Waals surface area contributed by atoms with Crippen LogP contribution < -0.4 is 5.32 Å². The molecule has 0 aromatic heterocycles. The molecule has 0 aliphatic rings. The minimum atomic E-state index is -4.47. The fraction of sp³-hybridized carbons (Fsp3) is 0.733. The molecule has 0 spiro atoms. The summed E-state index contributed by atoms with van der Waals surface area (Å²) in [6.45, 7) is 6.89. The van der Waals surface area contributed by atoms with E-state index in [9.17, 15) is 19.0 Å². The summed E-state index contributed by atoms with van der Waals surface area (Å²) in [5, 5.41) is 2.99. The Kier molecular flexibility index (Phi) is 47.8. The number of nitrogens with zero attached hydrogens (tertiary/aromatic N) is 1. The fourth-order valence-electron chi connectivity index (χ4n) is 7.62. The topological polar surface area (TPSA) is 111 Å². The molecule has 0 radical (unpaired) electrons. The van der Waals surface area contributed by atoms with E-state index in [4.69, 9.17) is 13.8 Å². The van der Waals surface area contributed by atoms with Crippen molar-refractivity contribution in [2.45, 2.75) is 245 Å². The van der Waals surface area contributed by atoms with E-state index in [-0.39, 0.29) is 37.9 Å². The molecular weight excluding hydrogens is 892 g/mol. The van der Waals surface area contributed by atoms with Crippen molar-refractivity contribution in [3.05, 3.63) is 85.1 Å². The fourth-order valence-corrected chi connectivity index (χ4v) is 8.35. The number of likely N-dealkylation sites (N-methyl/N-ethyl adjacent to an activating group) is 1. The summed E-state index contributed by atoms with van der Waals surface area (Å²) in [4.78, 5) is 37.5. The quantitative estimate of drug-likeness (QED) is 0.0205. The number of ether oxygens (including phenoxy) is 1. The van der Waals surface area contributed by atoms with Gasteiger partial charge < -0.3 is 19.4 Å². The standard InChI is InChI=1S/C60H107N2O7P/c1-7-10-13-16-19-22-25-28-29-30-31-32-33-35-38-41-44-47-50-53-60(64)69-58(51-48-45-42-39-36-27-24-21-18-15-12-9-3)57(56-68-70(65,66)67-55-54-62(4,5)6)61-59(63)52-49-46-43-40-37-34-26-23-20-17-14-11-8-2/h19,22,28-29,31-32,34-35,37-38,43,46,48,51,57-58H,7-18,20-21,23-27,30,33,36,39-42,44-45,47,49-50,52-56H2,1-6H3,(H-,61,63,65,66)/p+1/b22-19-,29-28-,32-31-,37-34-,38-35-,46-43+,51-48-. The van der Waals surface area contributed by atoms with E-state index in [0.717, 1.165) is 70.6 Å². The molecule has 0 aliphatic heterocycles. The van der Waals surface area contributed by atoms with Crippen molar-refractivity contribution < 1.29 is 37.3 Å². The van der Waals surface area contributed by atoms with Crippen molar-refractivity contribution in [3.8, 4) is 0 Å². The van der Waals surface area contributed by atoms with Gasteiger partial charge in [-0.2, -0.15) is 0 Å². The van der Waals surface area contributed by atoms with Gasteiger partial charge >= 0.3 is 13.8 Å². The first-order valence-electron chi connectivity index (χ1n) is 28.4. The molecule has 3 atom stereocenters. The molecular formula is C60H108N2O7P+. The highest BCUT2D eigenvalue weighted by molar-refractivity contribution is 7.47. The van der Waals surface area contributed by atoms with Crippen LogP contribution in [0.25, 0.3) is 0 Å². The number of amides is 1. The third-order valence-corrected chi connectivity index (χ3v) is 13.1. The molecule has 0 heterocycles. The SMILES string of the molecule is CCCCC/C=C\C/C=C\C/C=C\C/C=C\CCCCCC(=O)OC(/C=C\CCCCCCCCCCCC)C(COP(=O)(O)OCC[N+](C)(C)C)NC(=O)CC/C=C/C/C=C\CCCCCCCC. The predicted molar refractivity (Wildman–Crippen MR) is 300 cm³/mol. The number of quaternary nitrogens is 1. The smallest absolute Gasteiger partial charge is 0.456 e. The maximum Gasteiger partial charge on any atom is 0.472 e. The number of carbonyl (C=O) groups is 2. The number of nitrogens with one attached hydrogen (secondary N) is 1. The summed E-state index contributed by atoms with van der Waals surface area (Å²) >= 11 is 0. The summed E-state index contributed by atoms with van der Waals surface area (Å²) in [5.41, 5.74) is 0. The third-order valence-electron chi connectivity index (χ3n) is 12.1. The van der Waals surface area contributed by atoms with Gasteiger partial charge in [-0.15, -0.1) is 0 Å². The molecule has 0 rings (SSSR count). The van der Waals surface area contributed by atoms with Gasteiger partial charge in [0.15, 0.2) is 0 Å². The van der Waals surface area contributed by atoms with E-state index >= 15 is 0 Å². The highest BCUT2D eigenvalue weighted by atomic mass is 31.2. The van der Waals surface area contributed by atoms with Gasteiger partial charge in [-0.1, -0.05) is 209 Å². The van der Waals surface area contributed by atoms with E-state index in [1.807, 2.05) is 39.4 Å². The predicted octanol–water partition coefficient (Wildman–Crippen LogP) is 17.0. The molecule has 2 N–H and O–H groups in total. The first-order valence-corrected chi connectivity index (χ1v) is 29.9. The van der Waals surface area contributed by atoms with Crippen LogP contribution in [0.5, 0.6) is 0 Å². The maximum atomic E-state index is 13.4. The zero-order chi connectivity index (χ0) is 51.5. The first-order chi connectivity index (χ1) is 33.9. The number of allylic oxidation sites excluding steroid dienone is 13. The largest absolute Gasteiger partial charge is 0.472 e. The van der Waals surface area contributed by atoms with Crippen LogP contribution in [0.2, 0.25) is 0 Å². The molecule has 0 saturated heterocycles. The Morgan fingerprint density at radius 3 is 1.36 bits per heavy atom. The third kappa shape index (κ3) is 50.1. The molecule has 0 saturated carbocycles. The second-order valence-corrected chi connectivity index (χ2v) is 21.6. The van der Waals surface area contributed by atoms with Crippen LogP contribution >= 0.6 is 7.82 Å². The summed E-state index contributed by atoms with van der Waals surface area (Å²) in [7, 11) is 1.44. The van der Waals surface area contributed by atoms with Crippen LogP contribution in [-0.2, 0) is 27.9 Å². The molecule has 70 heavy (non-hydrogen) atoms. The van der Waals surface area contributed by atoms with E-state index in [1.165, 1.54) is 116 Å². The van der Waals surface area contributed by atoms with Gasteiger partial charge in [-0.05, 0) is 96.0 Å². The Hall–Kier alpha value is -2.81. The van der Waals surface area contributed by atoms with Crippen molar-refractivity contribution in [2.24, 2.45) is 0 Å². The van der Waals surface area contributed by atoms with Crippen molar-refractivity contribution in [1.29, 1.82) is 0 Å². The molecule has 9 nitrogen and oxygen atoms in total. The van der Waals surface area contributed by atoms with Crippen molar-refractivity contribution >= 4 is 19.7 Å². The van der Waals surface area contributed by atoms with Crippen molar-refractivity contribution in [3.63, 3.8) is 0 Å². The van der Waals surface area contributed by atoms with E-state index in [2.05, 4.69) is 92.9 Å². The highest BCUT2D eigenvalue weighted by Crippen LogP contribution is 2.43. The highest BCUT2D eigenvalue weighted by Gasteiger charge is 2.30. The number of hydrogen-bond donors (Lipinski definition) is 2. The molecule has 0 aromatic rings. The summed E-state index contributed by atoms with van der Waals surface area (Å²) in [6, 6.07) is -0.894. The number of rotatable bonds is 50. The minimum Gasteiger partial charge on any atom is -0.456 e. The van der Waals surface area contributed by atoms with Gasteiger partial charge in [0.25, 0.3) is 0 Å². The van der Waals surface area contributed by atoms with Gasteiger partial charge in [-0.3, -0.25) is 18.6 Å². The lowest BCUT2D eigenvalue weighted by Gasteiger charge is -2.27. The van der Waals surface area contributed by atoms with Gasteiger partial charge in [0, 0.05) is 12.8 Å². The van der Waals surface area contributed by atoms with Gasteiger partial charge in [-0.25, -0.2) is 4.57 Å². The summed E-state index contributed by atoms with van der Waals surface area (Å²) in [6.07, 6.45) is 64.5. The van der Waals surface area contributed by atoms with Crippen LogP contribution in [0, 0.1) is 0 Å². The number of phosphoric ester groups is 1. The monoisotopic (exact) mass is 1000 g/mol. The van der Waals surface area contributed by atoms with Crippen LogP contribution in [0.15, 0.2) is 85.1 Å². The summed E-state index contributed by atoms with van der Waals surface area (Å²) < 4.78 is 30.5. The molecule has 0 fully saturated rings. The lowest BCUT2D eigenvalue weighted by atomic mass is 10.1. The second-order valence-electron chi connectivity index (χ2n) is 20.1. The Balaban J connectivity index is 5.48. The number of esters is 1. The Labute approximate surface area is 431 Å². The molecule has 3 unspecified atom stereocenters. The van der Waals surface area contributed by atoms with E-state index in [1.54, 1.807) is 0 Å². The number of phosphoric acid groups is 1. The van der Waals surface area contributed by atoms with Crippen LogP contribution in [0.1, 0.15) is 233 Å². The maximum absolute atomic E-state index is 13.4. The van der Waals surface area contributed by atoms with Crippen LogP contribution in [0.3, 0.4) is 0 Å². The second kappa shape index (κ2) is 49.8. The number of hydrogen-bond acceptors (Lipinski definition) is 6. The first kappa shape index (κ1) is 67.2. The normalized spacial score (nSPS) is 14.4. The van der Waals surface area contributed by atoms with E-state index in [0.29, 0.717) is 23.9 Å². The lowest BCUT2D eigenvalue weighted by Crippen LogP contribution is -2.47. The molecule has 404 valence electrons. The average Bonchev–Trinajstić information content (AvgIpc) is 3.32. The zero-order valence-electron chi connectivity index (χ0n) is 46.0. The lowest BCUT2D eigenvalue weighted by molar-refractivity contribution is -0.870.